The zero-order valence-corrected chi connectivity index (χ0v) is 11.2. The third-order valence-electron chi connectivity index (χ3n) is 2.85. The molecule has 0 radical (unpaired) electrons. The largest absolute Gasteiger partial charge is 0.481 e. The molecule has 0 unspecified atom stereocenters. The van der Waals surface area contributed by atoms with Gasteiger partial charge in [0.05, 0.1) is 11.3 Å². The molecule has 0 bridgehead atoms. The van der Waals surface area contributed by atoms with Crippen LogP contribution in [0.3, 0.4) is 0 Å². The van der Waals surface area contributed by atoms with Crippen LogP contribution in [-0.2, 0) is 4.79 Å². The number of fused-ring (bicyclic) bond motifs is 1. The van der Waals surface area contributed by atoms with Crippen LogP contribution in [0, 0.1) is 0 Å². The second-order valence-electron chi connectivity index (χ2n) is 4.15. The molecule has 0 saturated carbocycles. The molecule has 100 valence electrons. The molecule has 2 aromatic heterocycles. The van der Waals surface area contributed by atoms with Gasteiger partial charge in [-0.25, -0.2) is 9.97 Å². The second kappa shape index (κ2) is 5.34. The molecular formula is C14H11N3O2S. The first-order valence-electron chi connectivity index (χ1n) is 5.98. The van der Waals surface area contributed by atoms with Crippen molar-refractivity contribution in [3.63, 3.8) is 0 Å². The predicted octanol–water partition coefficient (Wildman–Crippen LogP) is 2.80. The minimum atomic E-state index is -0.864. The molecule has 0 saturated heterocycles. The number of hydrogen-bond acceptors (Lipinski definition) is 4. The quantitative estimate of drug-likeness (QED) is 0.569. The molecule has 0 aliphatic rings. The van der Waals surface area contributed by atoms with Crippen molar-refractivity contribution >= 4 is 28.8 Å². The van der Waals surface area contributed by atoms with E-state index < -0.39 is 5.97 Å². The van der Waals surface area contributed by atoms with Gasteiger partial charge in [-0.3, -0.25) is 4.79 Å². The lowest BCUT2D eigenvalue weighted by molar-refractivity contribution is -0.133. The first kappa shape index (κ1) is 12.7. The molecule has 0 spiro atoms. The van der Waals surface area contributed by atoms with Gasteiger partial charge in [0.1, 0.15) is 16.9 Å². The maximum Gasteiger partial charge on any atom is 0.313 e. The summed E-state index contributed by atoms with van der Waals surface area (Å²) in [7, 11) is 0. The number of thioether (sulfide) groups is 1. The summed E-state index contributed by atoms with van der Waals surface area (Å²) in [6.07, 6.45) is 3.34. The molecule has 0 fully saturated rings. The number of carboxylic acids is 1. The monoisotopic (exact) mass is 285 g/mol. The van der Waals surface area contributed by atoms with Gasteiger partial charge in [-0.2, -0.15) is 0 Å². The summed E-state index contributed by atoms with van der Waals surface area (Å²) < 4.78 is 0. The lowest BCUT2D eigenvalue weighted by atomic mass is 10.1. The van der Waals surface area contributed by atoms with Gasteiger partial charge < -0.3 is 10.1 Å². The summed E-state index contributed by atoms with van der Waals surface area (Å²) >= 11 is 1.18. The van der Waals surface area contributed by atoms with Crippen molar-refractivity contribution in [3.8, 4) is 11.1 Å². The number of carboxylic acid groups (broad SMARTS) is 1. The number of hydrogen-bond donors (Lipinski definition) is 2. The maximum atomic E-state index is 10.7. The fourth-order valence-electron chi connectivity index (χ4n) is 1.99. The summed E-state index contributed by atoms with van der Waals surface area (Å²) in [5.74, 6) is -0.886. The SMILES string of the molecule is O=C(O)CSc1ncnc2c(-c3ccccc3)c[nH]c12. The number of nitrogens with zero attached hydrogens (tertiary/aromatic N) is 2. The van der Waals surface area contributed by atoms with E-state index >= 15 is 0 Å². The highest BCUT2D eigenvalue weighted by Gasteiger charge is 2.12. The first-order valence-corrected chi connectivity index (χ1v) is 6.96. The Morgan fingerprint density at radius 2 is 2.05 bits per heavy atom. The summed E-state index contributed by atoms with van der Waals surface area (Å²) in [4.78, 5) is 22.2. The van der Waals surface area contributed by atoms with Crippen molar-refractivity contribution in [2.75, 3.05) is 5.75 Å². The first-order chi connectivity index (χ1) is 9.75. The van der Waals surface area contributed by atoms with Crippen LogP contribution in [0.5, 0.6) is 0 Å². The van der Waals surface area contributed by atoms with Gasteiger partial charge in [0.2, 0.25) is 0 Å². The van der Waals surface area contributed by atoms with E-state index in [0.29, 0.717) is 5.03 Å². The van der Waals surface area contributed by atoms with E-state index in [-0.39, 0.29) is 5.75 Å². The second-order valence-corrected chi connectivity index (χ2v) is 5.12. The van der Waals surface area contributed by atoms with Gasteiger partial charge in [-0.1, -0.05) is 42.1 Å². The van der Waals surface area contributed by atoms with Crippen molar-refractivity contribution in [1.29, 1.82) is 0 Å². The number of aliphatic carboxylic acids is 1. The van der Waals surface area contributed by atoms with E-state index in [1.165, 1.54) is 18.1 Å². The van der Waals surface area contributed by atoms with Crippen molar-refractivity contribution in [2.24, 2.45) is 0 Å². The van der Waals surface area contributed by atoms with Gasteiger partial charge in [0, 0.05) is 11.8 Å². The molecule has 3 aromatic rings. The fourth-order valence-corrected chi connectivity index (χ4v) is 2.68. The van der Waals surface area contributed by atoms with Crippen molar-refractivity contribution in [2.45, 2.75) is 5.03 Å². The van der Waals surface area contributed by atoms with Crippen LogP contribution in [0.15, 0.2) is 47.9 Å². The molecule has 2 N–H and O–H groups in total. The highest BCUT2D eigenvalue weighted by atomic mass is 32.2. The third kappa shape index (κ3) is 2.37. The van der Waals surface area contributed by atoms with Gasteiger partial charge in [-0.15, -0.1) is 0 Å². The average Bonchev–Trinajstić information content (AvgIpc) is 2.90. The number of H-pyrrole nitrogens is 1. The van der Waals surface area contributed by atoms with Gasteiger partial charge in [-0.05, 0) is 5.56 Å². The molecule has 0 aliphatic carbocycles. The molecule has 6 heteroatoms. The highest BCUT2D eigenvalue weighted by molar-refractivity contribution is 8.00. The number of rotatable bonds is 4. The topological polar surface area (TPSA) is 78.9 Å². The van der Waals surface area contributed by atoms with E-state index in [4.69, 9.17) is 5.11 Å². The Kier molecular flexibility index (Phi) is 3.39. The van der Waals surface area contributed by atoms with Crippen molar-refractivity contribution < 1.29 is 9.90 Å². The Hall–Kier alpha value is -2.34. The van der Waals surface area contributed by atoms with Crippen LogP contribution >= 0.6 is 11.8 Å². The van der Waals surface area contributed by atoms with Crippen molar-refractivity contribution in [3.05, 3.63) is 42.9 Å². The zero-order chi connectivity index (χ0) is 13.9. The van der Waals surface area contributed by atoms with Gasteiger partial charge in [0.25, 0.3) is 0 Å². The number of aromatic amines is 1. The minimum absolute atomic E-state index is 0.0220. The molecular weight excluding hydrogens is 274 g/mol. The highest BCUT2D eigenvalue weighted by Crippen LogP contribution is 2.31. The third-order valence-corrected chi connectivity index (χ3v) is 3.82. The normalized spacial score (nSPS) is 10.8. The van der Waals surface area contributed by atoms with E-state index in [1.54, 1.807) is 0 Å². The summed E-state index contributed by atoms with van der Waals surface area (Å²) in [5, 5.41) is 9.41. The minimum Gasteiger partial charge on any atom is -0.481 e. The zero-order valence-electron chi connectivity index (χ0n) is 10.4. The molecule has 5 nitrogen and oxygen atoms in total. The summed E-state index contributed by atoms with van der Waals surface area (Å²) in [5.41, 5.74) is 3.63. The molecule has 3 rings (SSSR count). The molecule has 2 heterocycles. The molecule has 0 atom stereocenters. The Labute approximate surface area is 119 Å². The van der Waals surface area contributed by atoms with Crippen LogP contribution in [-0.4, -0.2) is 31.8 Å². The predicted molar refractivity (Wildman–Crippen MR) is 77.7 cm³/mol. The van der Waals surface area contributed by atoms with E-state index in [2.05, 4.69) is 15.0 Å². The standard InChI is InChI=1S/C14H11N3O2S/c18-11(19)7-20-14-13-12(16-8-17-14)10(6-15-13)9-4-2-1-3-5-9/h1-6,8,15H,7H2,(H,18,19). The smallest absolute Gasteiger partial charge is 0.313 e. The van der Waals surface area contributed by atoms with Gasteiger partial charge in [0.15, 0.2) is 0 Å². The molecule has 20 heavy (non-hydrogen) atoms. The Morgan fingerprint density at radius 1 is 1.25 bits per heavy atom. The Bertz CT molecular complexity index is 755. The van der Waals surface area contributed by atoms with Crippen LogP contribution in [0.25, 0.3) is 22.2 Å². The molecule has 0 amide bonds. The fraction of sp³-hybridized carbons (Fsp3) is 0.0714. The molecule has 0 aliphatic heterocycles. The average molecular weight is 285 g/mol. The van der Waals surface area contributed by atoms with Crippen LogP contribution < -0.4 is 0 Å². The van der Waals surface area contributed by atoms with Gasteiger partial charge >= 0.3 is 5.97 Å². The summed E-state index contributed by atoms with van der Waals surface area (Å²) in [6.45, 7) is 0. The summed E-state index contributed by atoms with van der Waals surface area (Å²) in [6, 6.07) is 9.91. The maximum absolute atomic E-state index is 10.7. The lowest BCUT2D eigenvalue weighted by Gasteiger charge is -2.01. The number of benzene rings is 1. The number of nitrogens with one attached hydrogen (secondary N) is 1. The Balaban J connectivity index is 2.06. The van der Waals surface area contributed by atoms with E-state index in [0.717, 1.165) is 22.2 Å². The lowest BCUT2D eigenvalue weighted by Crippen LogP contribution is -1.98. The van der Waals surface area contributed by atoms with Crippen LogP contribution in [0.1, 0.15) is 0 Å². The molecule has 1 aromatic carbocycles. The van der Waals surface area contributed by atoms with E-state index in [1.807, 2.05) is 36.5 Å². The number of aromatic nitrogens is 3. The Morgan fingerprint density at radius 3 is 2.80 bits per heavy atom. The van der Waals surface area contributed by atoms with E-state index in [9.17, 15) is 4.79 Å². The number of carbonyl (C=O) groups is 1. The van der Waals surface area contributed by atoms with Crippen molar-refractivity contribution in [1.82, 2.24) is 15.0 Å². The van der Waals surface area contributed by atoms with Crippen LogP contribution in [0.2, 0.25) is 0 Å². The van der Waals surface area contributed by atoms with Crippen LogP contribution in [0.4, 0.5) is 0 Å².